The van der Waals surface area contributed by atoms with Crippen LogP contribution in [-0.4, -0.2) is 103 Å². The van der Waals surface area contributed by atoms with Crippen molar-refractivity contribution in [3.05, 3.63) is 232 Å². The van der Waals surface area contributed by atoms with Gasteiger partial charge in [0.25, 0.3) is 0 Å². The predicted octanol–water partition coefficient (Wildman–Crippen LogP) is 18.7. The highest BCUT2D eigenvalue weighted by molar-refractivity contribution is 6.31. The van der Waals surface area contributed by atoms with Crippen molar-refractivity contribution in [3.63, 3.8) is 0 Å². The van der Waals surface area contributed by atoms with Gasteiger partial charge in [0.1, 0.15) is 52.0 Å². The second kappa shape index (κ2) is 36.7. The molecule has 6 aromatic heterocycles. The summed E-state index contributed by atoms with van der Waals surface area (Å²) in [5, 5.41) is 24.0. The zero-order valence-corrected chi connectivity index (χ0v) is 59.9. The smallest absolute Gasteiger partial charge is 0.250 e. The number of piperidine rings is 3. The van der Waals surface area contributed by atoms with E-state index in [4.69, 9.17) is 48.1 Å². The number of hydrogen-bond acceptors (Lipinski definition) is 24. The van der Waals surface area contributed by atoms with Gasteiger partial charge in [-0.15, -0.1) is 12.4 Å². The number of hydrazone groups is 3. The average molecular weight is 1510 g/mol. The lowest BCUT2D eigenvalue weighted by atomic mass is 10.1. The van der Waals surface area contributed by atoms with Crippen LogP contribution in [0.25, 0.3) is 34.0 Å². The Morgan fingerprint density at radius 2 is 0.585 bits per heavy atom. The molecule has 0 spiro atoms. The van der Waals surface area contributed by atoms with E-state index in [-0.39, 0.29) is 47.7 Å². The predicted molar refractivity (Wildman–Crippen MR) is 415 cm³/mol. The highest BCUT2D eigenvalue weighted by Gasteiger charge is 2.21. The summed E-state index contributed by atoms with van der Waals surface area (Å²) in [5.41, 5.74) is 13.2. The van der Waals surface area contributed by atoms with Crippen LogP contribution < -0.4 is 46.9 Å². The molecule has 12 aromatic rings. The molecule has 24 nitrogen and oxygen atoms in total. The first-order chi connectivity index (χ1) is 51.4. The summed E-state index contributed by atoms with van der Waals surface area (Å²) in [5.74, 6) is 6.33. The Hall–Kier alpha value is -11.7. The summed E-state index contributed by atoms with van der Waals surface area (Å²) < 4.78 is 57.4. The third-order valence-electron chi connectivity index (χ3n) is 16.4. The van der Waals surface area contributed by atoms with Gasteiger partial charge in [-0.25, -0.2) is 29.4 Å². The summed E-state index contributed by atoms with van der Waals surface area (Å²) in [4.78, 5) is 46.9. The maximum atomic E-state index is 13.3. The van der Waals surface area contributed by atoms with Gasteiger partial charge in [0.2, 0.25) is 53.5 Å². The summed E-state index contributed by atoms with van der Waals surface area (Å²) in [7, 11) is 0. The standard InChI is InChI=1S/3C25H23ClFN7O.ClH/c3*26-18-6-4-5-17(15-18)22-12-11-21(35-22)16-28-33-24-30-23(29-20-9-7-19(27)8-10-20)31-25(32-24)34-13-2-1-3-14-34;/h3*4-12,15-16H,1-3,13-14H2,(H2,29,30,31,32,33);1H/b3*28-16+;. The van der Waals surface area contributed by atoms with Crippen LogP contribution in [0.4, 0.5) is 83.8 Å². The van der Waals surface area contributed by atoms with Gasteiger partial charge in [0, 0.05) is 88.1 Å². The lowest BCUT2D eigenvalue weighted by molar-refractivity contribution is 0.568. The van der Waals surface area contributed by atoms with Gasteiger partial charge in [-0.05, 0) is 203 Å². The third-order valence-corrected chi connectivity index (χ3v) is 17.1. The lowest BCUT2D eigenvalue weighted by Gasteiger charge is -2.26. The van der Waals surface area contributed by atoms with E-state index in [1.165, 1.54) is 55.7 Å². The van der Waals surface area contributed by atoms with E-state index in [1.54, 1.807) is 55.0 Å². The molecule has 3 saturated heterocycles. The van der Waals surface area contributed by atoms with Crippen LogP contribution in [0, 0.1) is 17.5 Å². The molecule has 15 rings (SSSR count). The molecule has 6 aromatic carbocycles. The monoisotopic (exact) mass is 1510 g/mol. The molecule has 3 fully saturated rings. The number of rotatable bonds is 21. The molecule has 9 heterocycles. The molecule has 0 unspecified atom stereocenters. The number of aromatic nitrogens is 9. The van der Waals surface area contributed by atoms with E-state index in [9.17, 15) is 13.2 Å². The summed E-state index contributed by atoms with van der Waals surface area (Å²) in [6.45, 7) is 5.26. The maximum absolute atomic E-state index is 13.3. The first kappa shape index (κ1) is 74.1. The molecule has 0 amide bonds. The number of hydrogen-bond donors (Lipinski definition) is 6. The minimum atomic E-state index is -0.312. The molecule has 0 radical (unpaired) electrons. The maximum Gasteiger partial charge on any atom is 0.250 e. The minimum Gasteiger partial charge on any atom is -0.455 e. The number of benzene rings is 6. The van der Waals surface area contributed by atoms with Crippen molar-refractivity contribution in [2.75, 3.05) is 86.2 Å². The molecule has 0 atom stereocenters. The van der Waals surface area contributed by atoms with Crippen molar-refractivity contribution in [3.8, 4) is 34.0 Å². The Morgan fingerprint density at radius 3 is 0.849 bits per heavy atom. The second-order valence-electron chi connectivity index (χ2n) is 24.1. The highest BCUT2D eigenvalue weighted by atomic mass is 35.5. The molecular formula is C75H70Cl4F3N21O3. The lowest BCUT2D eigenvalue weighted by Crippen LogP contribution is -2.31. The zero-order valence-electron chi connectivity index (χ0n) is 56.8. The highest BCUT2D eigenvalue weighted by Crippen LogP contribution is 2.30. The molecular weight excluding hydrogens is 1440 g/mol. The van der Waals surface area contributed by atoms with Crippen LogP contribution in [0.15, 0.2) is 211 Å². The van der Waals surface area contributed by atoms with E-state index in [0.29, 0.717) is 102 Å². The number of nitrogens with one attached hydrogen (secondary N) is 6. The second-order valence-corrected chi connectivity index (χ2v) is 25.4. The van der Waals surface area contributed by atoms with Gasteiger partial charge in [-0.1, -0.05) is 71.2 Å². The minimum absolute atomic E-state index is 0. The normalized spacial score (nSPS) is 13.7. The quantitative estimate of drug-likeness (QED) is 0.0288. The molecule has 6 N–H and O–H groups in total. The molecule has 0 aliphatic carbocycles. The van der Waals surface area contributed by atoms with Gasteiger partial charge >= 0.3 is 0 Å². The van der Waals surface area contributed by atoms with Crippen molar-refractivity contribution in [2.24, 2.45) is 15.3 Å². The Morgan fingerprint density at radius 1 is 0.321 bits per heavy atom. The van der Waals surface area contributed by atoms with Gasteiger partial charge in [-0.3, -0.25) is 0 Å². The number of anilines is 12. The van der Waals surface area contributed by atoms with Crippen molar-refractivity contribution < 1.29 is 26.4 Å². The summed E-state index contributed by atoms with van der Waals surface area (Å²) in [6.07, 6.45) is 14.7. The van der Waals surface area contributed by atoms with Crippen LogP contribution >= 0.6 is 47.2 Å². The van der Waals surface area contributed by atoms with Crippen LogP contribution in [0.2, 0.25) is 15.1 Å². The number of halogens is 7. The molecule has 0 bridgehead atoms. The molecule has 542 valence electrons. The van der Waals surface area contributed by atoms with Gasteiger partial charge in [-0.2, -0.15) is 60.2 Å². The SMILES string of the molecule is Cl.Fc1ccc(Nc2nc(N/N=C/c3ccc(-c4cccc(Cl)c4)o3)nc(N3CCCCC3)n2)cc1.Fc1ccc(Nc2nc(N/N=C/c3ccc(-c4cccc(Cl)c4)o3)nc(N3CCCCC3)n2)cc1.Fc1ccc(Nc2nc(N/N=C/c3ccc(-c4cccc(Cl)c4)o3)nc(N3CCCCC3)n2)cc1. The molecule has 106 heavy (non-hydrogen) atoms. The van der Waals surface area contributed by atoms with Gasteiger partial charge in [0.05, 0.1) is 18.6 Å². The van der Waals surface area contributed by atoms with Crippen molar-refractivity contribution in [2.45, 2.75) is 57.8 Å². The fraction of sp³-hybridized carbons (Fsp3) is 0.200. The first-order valence-electron chi connectivity index (χ1n) is 33.9. The van der Waals surface area contributed by atoms with E-state index in [1.807, 2.05) is 109 Å². The van der Waals surface area contributed by atoms with E-state index in [0.717, 1.165) is 94.5 Å². The zero-order chi connectivity index (χ0) is 72.1. The van der Waals surface area contributed by atoms with Crippen LogP contribution in [-0.2, 0) is 0 Å². The number of nitrogens with zero attached hydrogens (tertiary/aromatic N) is 15. The molecule has 0 saturated carbocycles. The fourth-order valence-corrected chi connectivity index (χ4v) is 11.8. The Balaban J connectivity index is 0.000000148. The fourth-order valence-electron chi connectivity index (χ4n) is 11.2. The van der Waals surface area contributed by atoms with Gasteiger partial charge in [0.15, 0.2) is 0 Å². The van der Waals surface area contributed by atoms with E-state index >= 15 is 0 Å². The van der Waals surface area contributed by atoms with E-state index in [2.05, 4.69) is 107 Å². The van der Waals surface area contributed by atoms with Crippen LogP contribution in [0.1, 0.15) is 75.1 Å². The van der Waals surface area contributed by atoms with Crippen LogP contribution in [0.3, 0.4) is 0 Å². The average Bonchev–Trinajstić information content (AvgIpc) is 1.18. The summed E-state index contributed by atoms with van der Waals surface area (Å²) in [6, 6.07) is 51.3. The topological polar surface area (TPSA) is 274 Å². The summed E-state index contributed by atoms with van der Waals surface area (Å²) >= 11 is 18.2. The van der Waals surface area contributed by atoms with Crippen molar-refractivity contribution in [1.82, 2.24) is 44.9 Å². The Bertz CT molecular complexity index is 4450. The largest absolute Gasteiger partial charge is 0.455 e. The third kappa shape index (κ3) is 21.5. The Labute approximate surface area is 629 Å². The van der Waals surface area contributed by atoms with Crippen molar-refractivity contribution in [1.29, 1.82) is 0 Å². The van der Waals surface area contributed by atoms with Crippen LogP contribution in [0.5, 0.6) is 0 Å². The Kier molecular flexibility index (Phi) is 25.6. The van der Waals surface area contributed by atoms with Gasteiger partial charge < -0.3 is 43.9 Å². The van der Waals surface area contributed by atoms with Crippen molar-refractivity contribution >= 4 is 136 Å². The molecule has 3 aliphatic rings. The number of furan rings is 3. The molecule has 31 heteroatoms. The molecule has 3 aliphatic heterocycles. The first-order valence-corrected chi connectivity index (χ1v) is 35.1. The van der Waals surface area contributed by atoms with E-state index < -0.39 is 0 Å².